The SMILES string of the molecule is C=C(C)C(C(=O)OC(c1ccccc1)c1ccccc1)N1C(=O)C(N(C(C)=O)c2ccccc2)C1SN=O. The predicted octanol–water partition coefficient (Wildman–Crippen LogP) is 5.27. The zero-order valence-corrected chi connectivity index (χ0v) is 21.8. The molecule has 8 nitrogen and oxygen atoms in total. The maximum absolute atomic E-state index is 13.7. The largest absolute Gasteiger partial charge is 0.451 e. The van der Waals surface area contributed by atoms with Gasteiger partial charge in [-0.2, -0.15) is 0 Å². The van der Waals surface area contributed by atoms with E-state index in [-0.39, 0.29) is 5.91 Å². The van der Waals surface area contributed by atoms with Gasteiger partial charge < -0.3 is 9.64 Å². The van der Waals surface area contributed by atoms with Gasteiger partial charge in [-0.3, -0.25) is 14.5 Å². The summed E-state index contributed by atoms with van der Waals surface area (Å²) in [5, 5.41) is -0.912. The molecule has 3 aromatic carbocycles. The van der Waals surface area contributed by atoms with E-state index in [0.29, 0.717) is 23.2 Å². The van der Waals surface area contributed by atoms with Gasteiger partial charge in [-0.1, -0.05) is 85.4 Å². The van der Waals surface area contributed by atoms with E-state index in [1.807, 2.05) is 60.7 Å². The lowest BCUT2D eigenvalue weighted by molar-refractivity contribution is -0.164. The van der Waals surface area contributed by atoms with E-state index in [0.717, 1.165) is 11.1 Å². The van der Waals surface area contributed by atoms with Crippen molar-refractivity contribution in [3.8, 4) is 0 Å². The molecule has 194 valence electrons. The Kier molecular flexibility index (Phi) is 8.38. The minimum absolute atomic E-state index is 0.354. The highest BCUT2D eigenvalue weighted by molar-refractivity contribution is 7.98. The predicted molar refractivity (Wildman–Crippen MR) is 147 cm³/mol. The molecular weight excluding hydrogens is 502 g/mol. The molecule has 0 aliphatic carbocycles. The summed E-state index contributed by atoms with van der Waals surface area (Å²) in [6.07, 6.45) is -0.729. The third-order valence-electron chi connectivity index (χ3n) is 6.26. The van der Waals surface area contributed by atoms with Crippen LogP contribution in [0.1, 0.15) is 31.1 Å². The molecule has 0 N–H and O–H groups in total. The number of carbonyl (C=O) groups excluding carboxylic acids is 3. The number of carbonyl (C=O) groups is 3. The molecule has 4 rings (SSSR count). The van der Waals surface area contributed by atoms with Crippen LogP contribution in [0.5, 0.6) is 0 Å². The molecule has 2 amide bonds. The number of hydrogen-bond donors (Lipinski definition) is 0. The number of benzene rings is 3. The quantitative estimate of drug-likeness (QED) is 0.117. The number of rotatable bonds is 10. The smallest absolute Gasteiger partial charge is 0.334 e. The number of anilines is 1. The number of likely N-dealkylation sites (tertiary alicyclic amines) is 1. The molecule has 3 aromatic rings. The average molecular weight is 530 g/mol. The fraction of sp³-hybridized carbons (Fsp3) is 0.207. The van der Waals surface area contributed by atoms with E-state index in [4.69, 9.17) is 4.74 Å². The van der Waals surface area contributed by atoms with Crippen molar-refractivity contribution in [1.29, 1.82) is 0 Å². The van der Waals surface area contributed by atoms with Crippen LogP contribution in [0.25, 0.3) is 0 Å². The van der Waals surface area contributed by atoms with Crippen molar-refractivity contribution >= 4 is 35.4 Å². The number of para-hydroxylation sites is 1. The first-order chi connectivity index (χ1) is 18.3. The number of nitrogens with zero attached hydrogens (tertiary/aromatic N) is 3. The van der Waals surface area contributed by atoms with Crippen molar-refractivity contribution < 1.29 is 19.1 Å². The Labute approximate surface area is 225 Å². The molecule has 9 heteroatoms. The number of nitroso groups, excluding NO2 is 1. The van der Waals surface area contributed by atoms with Gasteiger partial charge in [0.1, 0.15) is 11.4 Å². The molecule has 0 bridgehead atoms. The Hall–Kier alpha value is -4.24. The molecule has 38 heavy (non-hydrogen) atoms. The fourth-order valence-corrected chi connectivity index (χ4v) is 5.35. The van der Waals surface area contributed by atoms with Crippen molar-refractivity contribution in [3.63, 3.8) is 0 Å². The van der Waals surface area contributed by atoms with Crippen molar-refractivity contribution in [1.82, 2.24) is 4.90 Å². The van der Waals surface area contributed by atoms with E-state index in [1.54, 1.807) is 37.3 Å². The summed E-state index contributed by atoms with van der Waals surface area (Å²) in [4.78, 5) is 53.8. The molecule has 1 heterocycles. The summed E-state index contributed by atoms with van der Waals surface area (Å²) in [7, 11) is 0. The molecular formula is C29H27N3O5S. The highest BCUT2D eigenvalue weighted by Crippen LogP contribution is 2.40. The normalized spacial score (nSPS) is 17.3. The first kappa shape index (κ1) is 26.8. The molecule has 1 saturated heterocycles. The third kappa shape index (κ3) is 5.38. The highest BCUT2D eigenvalue weighted by Gasteiger charge is 2.57. The van der Waals surface area contributed by atoms with E-state index in [1.165, 1.54) is 16.7 Å². The first-order valence-electron chi connectivity index (χ1n) is 12.0. The van der Waals surface area contributed by atoms with E-state index < -0.39 is 35.4 Å². The van der Waals surface area contributed by atoms with Gasteiger partial charge in [0.05, 0.1) is 0 Å². The van der Waals surface area contributed by atoms with Gasteiger partial charge in [0, 0.05) is 29.1 Å². The Balaban J connectivity index is 1.66. The standard InChI is InChI=1S/C29H27N3O5S/c1-19(2)24(29(35)37-26(21-13-7-4-8-14-21)22-15-9-5-10-16-22)32-27(34)25(28(32)38-30-36)31(20(3)33)23-17-11-6-12-18-23/h4-18,24-26,28H,1H2,2-3H3. The summed E-state index contributed by atoms with van der Waals surface area (Å²) in [5.41, 5.74) is 2.37. The van der Waals surface area contributed by atoms with E-state index in [2.05, 4.69) is 11.2 Å². The molecule has 0 saturated carbocycles. The first-order valence-corrected chi connectivity index (χ1v) is 12.8. The third-order valence-corrected chi connectivity index (χ3v) is 7.05. The van der Waals surface area contributed by atoms with Gasteiger partial charge in [0.25, 0.3) is 5.91 Å². The van der Waals surface area contributed by atoms with Gasteiger partial charge in [0.2, 0.25) is 5.91 Å². The molecule has 3 unspecified atom stereocenters. The summed E-state index contributed by atoms with van der Waals surface area (Å²) >= 11 is 0.585. The lowest BCUT2D eigenvalue weighted by atomic mass is 9.97. The highest BCUT2D eigenvalue weighted by atomic mass is 32.2. The van der Waals surface area contributed by atoms with Gasteiger partial charge >= 0.3 is 5.97 Å². The van der Waals surface area contributed by atoms with Gasteiger partial charge in [-0.15, -0.1) is 4.91 Å². The van der Waals surface area contributed by atoms with Gasteiger partial charge in [0.15, 0.2) is 12.1 Å². The molecule has 0 radical (unpaired) electrons. The second-order valence-electron chi connectivity index (χ2n) is 8.87. The summed E-state index contributed by atoms with van der Waals surface area (Å²) in [6, 6.07) is 25.0. The Morgan fingerprint density at radius 3 is 1.87 bits per heavy atom. The Morgan fingerprint density at radius 2 is 1.42 bits per heavy atom. The van der Waals surface area contributed by atoms with Gasteiger partial charge in [-0.05, 0) is 35.8 Å². The summed E-state index contributed by atoms with van der Waals surface area (Å²) < 4.78 is 8.95. The minimum Gasteiger partial charge on any atom is -0.451 e. The molecule has 3 atom stereocenters. The van der Waals surface area contributed by atoms with Crippen molar-refractivity contribution in [2.75, 3.05) is 4.90 Å². The van der Waals surface area contributed by atoms with Crippen LogP contribution < -0.4 is 4.90 Å². The fourth-order valence-electron chi connectivity index (χ4n) is 4.58. The maximum Gasteiger partial charge on any atom is 0.334 e. The lowest BCUT2D eigenvalue weighted by Gasteiger charge is -2.51. The van der Waals surface area contributed by atoms with Crippen LogP contribution in [0.4, 0.5) is 5.69 Å². The molecule has 0 spiro atoms. The average Bonchev–Trinajstić information content (AvgIpc) is 2.93. The van der Waals surface area contributed by atoms with Crippen molar-refractivity contribution in [2.24, 2.45) is 4.58 Å². The van der Waals surface area contributed by atoms with Crippen molar-refractivity contribution in [2.45, 2.75) is 37.4 Å². The minimum atomic E-state index is -1.18. The number of β-lactam (4-membered cyclic amide) rings is 1. The number of amides is 2. The number of ether oxygens (including phenoxy) is 1. The topological polar surface area (TPSA) is 96.3 Å². The van der Waals surface area contributed by atoms with Crippen LogP contribution in [0.2, 0.25) is 0 Å². The van der Waals surface area contributed by atoms with Crippen molar-refractivity contribution in [3.05, 3.63) is 119 Å². The second kappa shape index (κ2) is 11.9. The Bertz CT molecular complexity index is 1280. The zero-order chi connectivity index (χ0) is 27.2. The van der Waals surface area contributed by atoms with Crippen LogP contribution in [0, 0.1) is 4.91 Å². The maximum atomic E-state index is 13.7. The summed E-state index contributed by atoms with van der Waals surface area (Å²) in [6.45, 7) is 6.89. The number of esters is 1. The summed E-state index contributed by atoms with van der Waals surface area (Å²) in [5.74, 6) is -1.59. The van der Waals surface area contributed by atoms with Crippen LogP contribution in [-0.4, -0.2) is 40.1 Å². The lowest BCUT2D eigenvalue weighted by Crippen LogP contribution is -2.73. The molecule has 1 aliphatic heterocycles. The molecule has 1 aliphatic rings. The van der Waals surface area contributed by atoms with E-state index in [9.17, 15) is 19.3 Å². The zero-order valence-electron chi connectivity index (χ0n) is 21.0. The second-order valence-corrected chi connectivity index (χ2v) is 9.72. The van der Waals surface area contributed by atoms with E-state index >= 15 is 0 Å². The van der Waals surface area contributed by atoms with Crippen LogP contribution in [0.15, 0.2) is 108 Å². The molecule has 1 fully saturated rings. The molecule has 0 aromatic heterocycles. The number of hydrogen-bond acceptors (Lipinski definition) is 7. The Morgan fingerprint density at radius 1 is 0.921 bits per heavy atom. The van der Waals surface area contributed by atoms with Crippen LogP contribution in [-0.2, 0) is 19.1 Å². The van der Waals surface area contributed by atoms with Crippen LogP contribution in [0.3, 0.4) is 0 Å². The van der Waals surface area contributed by atoms with Gasteiger partial charge in [-0.25, -0.2) is 4.79 Å². The monoisotopic (exact) mass is 529 g/mol. The van der Waals surface area contributed by atoms with Crippen LogP contribution >= 0.6 is 11.9 Å².